The Hall–Kier alpha value is -1.92. The van der Waals surface area contributed by atoms with Crippen LogP contribution in [0.4, 0.5) is 17.5 Å². The van der Waals surface area contributed by atoms with Crippen LogP contribution in [0.25, 0.3) is 0 Å². The summed E-state index contributed by atoms with van der Waals surface area (Å²) in [5, 5.41) is 14.4. The molecule has 21 heavy (non-hydrogen) atoms. The summed E-state index contributed by atoms with van der Waals surface area (Å²) in [5.74, 6) is 0.847. The van der Waals surface area contributed by atoms with Crippen molar-refractivity contribution < 1.29 is 4.92 Å². The minimum atomic E-state index is -0.398. The Morgan fingerprint density at radius 2 is 1.95 bits per heavy atom. The Kier molecular flexibility index (Phi) is 6.84. The molecule has 0 saturated heterocycles. The molecule has 0 unspecified atom stereocenters. The number of nitro groups is 1. The van der Waals surface area contributed by atoms with Gasteiger partial charge in [-0.3, -0.25) is 10.1 Å². The predicted molar refractivity (Wildman–Crippen MR) is 85.0 cm³/mol. The molecule has 7 nitrogen and oxygen atoms in total. The van der Waals surface area contributed by atoms with E-state index in [2.05, 4.69) is 22.2 Å². The summed E-state index contributed by atoms with van der Waals surface area (Å²) in [6.07, 6.45) is 4.15. The third-order valence-corrected chi connectivity index (χ3v) is 3.21. The second-order valence-electron chi connectivity index (χ2n) is 5.12. The average Bonchev–Trinajstić information content (AvgIpc) is 2.44. The van der Waals surface area contributed by atoms with Crippen LogP contribution in [0.15, 0.2) is 0 Å². The molecule has 1 rings (SSSR count). The summed E-state index contributed by atoms with van der Waals surface area (Å²) in [4.78, 5) is 21.2. The molecule has 1 heterocycles. The highest BCUT2D eigenvalue weighted by Crippen LogP contribution is 2.29. The summed E-state index contributed by atoms with van der Waals surface area (Å²) in [6, 6.07) is 0. The monoisotopic (exact) mass is 295 g/mol. The van der Waals surface area contributed by atoms with E-state index >= 15 is 0 Å². The van der Waals surface area contributed by atoms with Gasteiger partial charge in [0.2, 0.25) is 11.8 Å². The molecule has 1 N–H and O–H groups in total. The van der Waals surface area contributed by atoms with Crippen molar-refractivity contribution in [2.45, 2.75) is 46.5 Å². The lowest BCUT2D eigenvalue weighted by molar-refractivity contribution is -0.385. The van der Waals surface area contributed by atoms with Gasteiger partial charge in [0, 0.05) is 20.1 Å². The first-order chi connectivity index (χ1) is 10.0. The van der Waals surface area contributed by atoms with Crippen molar-refractivity contribution in [3.63, 3.8) is 0 Å². The van der Waals surface area contributed by atoms with Crippen LogP contribution < -0.4 is 10.2 Å². The SMILES string of the molecule is CCCCCN(C)c1nc(NCCC)nc(C)c1[N+](=O)[O-]. The van der Waals surface area contributed by atoms with E-state index in [0.29, 0.717) is 17.5 Å². The van der Waals surface area contributed by atoms with Crippen molar-refractivity contribution in [2.75, 3.05) is 30.4 Å². The average molecular weight is 295 g/mol. The van der Waals surface area contributed by atoms with Gasteiger partial charge in [-0.1, -0.05) is 26.7 Å². The number of aromatic nitrogens is 2. The summed E-state index contributed by atoms with van der Waals surface area (Å²) < 4.78 is 0. The maximum Gasteiger partial charge on any atom is 0.332 e. The van der Waals surface area contributed by atoms with Crippen molar-refractivity contribution in [1.29, 1.82) is 0 Å². The van der Waals surface area contributed by atoms with E-state index in [9.17, 15) is 10.1 Å². The third kappa shape index (κ3) is 4.84. The van der Waals surface area contributed by atoms with Crippen LogP contribution in [0, 0.1) is 17.0 Å². The molecule has 0 fully saturated rings. The molecule has 0 saturated carbocycles. The van der Waals surface area contributed by atoms with Gasteiger partial charge in [-0.25, -0.2) is 4.98 Å². The standard InChI is InChI=1S/C14H25N5O2/c1-5-7-8-10-18(4)13-12(19(20)21)11(3)16-14(17-13)15-9-6-2/h5-10H2,1-4H3,(H,15,16,17). The Balaban J connectivity index is 3.05. The maximum atomic E-state index is 11.3. The van der Waals surface area contributed by atoms with Crippen LogP contribution >= 0.6 is 0 Å². The maximum absolute atomic E-state index is 11.3. The summed E-state index contributed by atoms with van der Waals surface area (Å²) in [6.45, 7) is 7.32. The lowest BCUT2D eigenvalue weighted by Gasteiger charge is -2.19. The van der Waals surface area contributed by atoms with Crippen LogP contribution in [-0.4, -0.2) is 35.0 Å². The zero-order valence-electron chi connectivity index (χ0n) is 13.3. The van der Waals surface area contributed by atoms with Crippen LogP contribution in [0.5, 0.6) is 0 Å². The minimum Gasteiger partial charge on any atom is -0.354 e. The highest BCUT2D eigenvalue weighted by Gasteiger charge is 2.24. The van der Waals surface area contributed by atoms with E-state index in [1.165, 1.54) is 0 Å². The number of nitrogens with zero attached hydrogens (tertiary/aromatic N) is 4. The number of unbranched alkanes of at least 4 members (excludes halogenated alkanes) is 2. The number of hydrogen-bond acceptors (Lipinski definition) is 6. The number of rotatable bonds is 9. The van der Waals surface area contributed by atoms with Gasteiger partial charge in [0.25, 0.3) is 0 Å². The molecule has 0 aromatic carbocycles. The fraction of sp³-hybridized carbons (Fsp3) is 0.714. The van der Waals surface area contributed by atoms with Crippen LogP contribution in [0.3, 0.4) is 0 Å². The molecule has 1 aromatic heterocycles. The molecule has 118 valence electrons. The molecule has 7 heteroatoms. The fourth-order valence-corrected chi connectivity index (χ4v) is 2.05. The van der Waals surface area contributed by atoms with E-state index < -0.39 is 4.92 Å². The van der Waals surface area contributed by atoms with E-state index in [-0.39, 0.29) is 5.69 Å². The van der Waals surface area contributed by atoms with Gasteiger partial charge >= 0.3 is 5.69 Å². The first-order valence-electron chi connectivity index (χ1n) is 7.49. The first-order valence-corrected chi connectivity index (χ1v) is 7.49. The number of nitrogens with one attached hydrogen (secondary N) is 1. The van der Waals surface area contributed by atoms with Crippen molar-refractivity contribution in [3.05, 3.63) is 15.8 Å². The normalized spacial score (nSPS) is 10.5. The zero-order valence-corrected chi connectivity index (χ0v) is 13.3. The van der Waals surface area contributed by atoms with E-state index in [1.807, 2.05) is 18.9 Å². The quantitative estimate of drug-likeness (QED) is 0.428. The van der Waals surface area contributed by atoms with Crippen molar-refractivity contribution in [1.82, 2.24) is 9.97 Å². The van der Waals surface area contributed by atoms with Gasteiger partial charge in [0.15, 0.2) is 0 Å². The molecule has 0 radical (unpaired) electrons. The highest BCUT2D eigenvalue weighted by molar-refractivity contribution is 5.62. The van der Waals surface area contributed by atoms with E-state index in [4.69, 9.17) is 0 Å². The number of anilines is 2. The van der Waals surface area contributed by atoms with E-state index in [0.717, 1.165) is 38.8 Å². The van der Waals surface area contributed by atoms with Crippen molar-refractivity contribution >= 4 is 17.5 Å². The molecule has 0 aliphatic heterocycles. The second kappa shape index (κ2) is 8.39. The van der Waals surface area contributed by atoms with Gasteiger partial charge in [0.05, 0.1) is 4.92 Å². The summed E-state index contributed by atoms with van der Waals surface area (Å²) >= 11 is 0. The molecule has 0 bridgehead atoms. The van der Waals surface area contributed by atoms with Crippen molar-refractivity contribution in [2.24, 2.45) is 0 Å². The lowest BCUT2D eigenvalue weighted by Crippen LogP contribution is -2.22. The number of aryl methyl sites for hydroxylation is 1. The van der Waals surface area contributed by atoms with Crippen LogP contribution in [0.1, 0.15) is 45.2 Å². The van der Waals surface area contributed by atoms with Gasteiger partial charge in [0.1, 0.15) is 5.69 Å². The molecule has 0 amide bonds. The Morgan fingerprint density at radius 1 is 1.24 bits per heavy atom. The topological polar surface area (TPSA) is 84.2 Å². The smallest absolute Gasteiger partial charge is 0.332 e. The second-order valence-corrected chi connectivity index (χ2v) is 5.12. The highest BCUT2D eigenvalue weighted by atomic mass is 16.6. The molecule has 0 spiro atoms. The Labute approximate surface area is 125 Å². The summed E-state index contributed by atoms with van der Waals surface area (Å²) in [7, 11) is 1.84. The Morgan fingerprint density at radius 3 is 2.52 bits per heavy atom. The first kappa shape index (κ1) is 17.1. The third-order valence-electron chi connectivity index (χ3n) is 3.21. The van der Waals surface area contributed by atoms with Gasteiger partial charge in [-0.15, -0.1) is 0 Å². The zero-order chi connectivity index (χ0) is 15.8. The number of hydrogen-bond donors (Lipinski definition) is 1. The van der Waals surface area contributed by atoms with Crippen LogP contribution in [0.2, 0.25) is 0 Å². The fourth-order valence-electron chi connectivity index (χ4n) is 2.05. The molecular formula is C14H25N5O2. The lowest BCUT2D eigenvalue weighted by atomic mass is 10.2. The molecule has 0 atom stereocenters. The Bertz CT molecular complexity index is 479. The van der Waals surface area contributed by atoms with Gasteiger partial charge in [-0.05, 0) is 19.8 Å². The van der Waals surface area contributed by atoms with Crippen molar-refractivity contribution in [3.8, 4) is 0 Å². The van der Waals surface area contributed by atoms with Crippen LogP contribution in [-0.2, 0) is 0 Å². The largest absolute Gasteiger partial charge is 0.354 e. The molecule has 1 aromatic rings. The van der Waals surface area contributed by atoms with E-state index in [1.54, 1.807) is 6.92 Å². The molecule has 0 aliphatic carbocycles. The van der Waals surface area contributed by atoms with Gasteiger partial charge < -0.3 is 10.2 Å². The molecule has 0 aliphatic rings. The predicted octanol–water partition coefficient (Wildman–Crippen LogP) is 3.14. The minimum absolute atomic E-state index is 0.00366. The molecular weight excluding hydrogens is 270 g/mol. The van der Waals surface area contributed by atoms with Gasteiger partial charge in [-0.2, -0.15) is 4.98 Å². The summed E-state index contributed by atoms with van der Waals surface area (Å²) in [5.41, 5.74) is 0.391.